The van der Waals surface area contributed by atoms with Crippen LogP contribution < -0.4 is 10.9 Å². The summed E-state index contributed by atoms with van der Waals surface area (Å²) in [6.45, 7) is 7.82. The van der Waals surface area contributed by atoms with Gasteiger partial charge in [-0.15, -0.1) is 0 Å². The number of ether oxygens (including phenoxy) is 1. The number of aryl methyl sites for hydroxylation is 1. The first-order valence-electron chi connectivity index (χ1n) is 8.30. The van der Waals surface area contributed by atoms with E-state index in [9.17, 15) is 9.59 Å². The van der Waals surface area contributed by atoms with E-state index in [1.165, 1.54) is 4.68 Å². The number of carbonyl (C=O) groups is 1. The Hall–Kier alpha value is -2.21. The quantitative estimate of drug-likeness (QED) is 0.750. The summed E-state index contributed by atoms with van der Waals surface area (Å²) in [7, 11) is 0. The molecular formula is C18H25N3O3. The summed E-state index contributed by atoms with van der Waals surface area (Å²) in [5.41, 5.74) is 0.492. The predicted octanol–water partition coefficient (Wildman–Crippen LogP) is 1.88. The molecule has 0 aliphatic carbocycles. The van der Waals surface area contributed by atoms with Crippen LogP contribution in [0.4, 0.5) is 0 Å². The Morgan fingerprint density at radius 3 is 2.71 bits per heavy atom. The van der Waals surface area contributed by atoms with Crippen molar-refractivity contribution in [2.45, 2.75) is 33.7 Å². The van der Waals surface area contributed by atoms with Crippen molar-refractivity contribution in [3.8, 4) is 0 Å². The van der Waals surface area contributed by atoms with E-state index in [1.54, 1.807) is 6.07 Å². The largest absolute Gasteiger partial charge is 0.381 e. The van der Waals surface area contributed by atoms with Crippen LogP contribution in [0.2, 0.25) is 0 Å². The smallest absolute Gasteiger partial charge is 0.275 e. The molecule has 130 valence electrons. The lowest BCUT2D eigenvalue weighted by molar-refractivity contribution is -0.121. The first-order valence-corrected chi connectivity index (χ1v) is 8.30. The highest BCUT2D eigenvalue weighted by Crippen LogP contribution is 2.11. The molecule has 0 fully saturated rings. The van der Waals surface area contributed by atoms with E-state index in [-0.39, 0.29) is 18.0 Å². The molecule has 0 aliphatic rings. The first-order chi connectivity index (χ1) is 11.5. The molecular weight excluding hydrogens is 306 g/mol. The molecule has 24 heavy (non-hydrogen) atoms. The summed E-state index contributed by atoms with van der Waals surface area (Å²) in [4.78, 5) is 24.4. The molecule has 1 aromatic heterocycles. The standard InChI is InChI=1S/C18H25N3O3/c1-13(2)12-24-10-6-9-19-17(22)11-21-18(23)16-8-5-4-7-15(16)14(3)20-21/h4-5,7-8,13H,6,9-12H2,1-3H3,(H,19,22). The second-order valence-corrected chi connectivity index (χ2v) is 6.27. The van der Waals surface area contributed by atoms with E-state index < -0.39 is 0 Å². The monoisotopic (exact) mass is 331 g/mol. The molecule has 0 spiro atoms. The Morgan fingerprint density at radius 2 is 2.00 bits per heavy atom. The Labute approximate surface area is 141 Å². The van der Waals surface area contributed by atoms with Crippen LogP contribution in [0.25, 0.3) is 10.8 Å². The third-order valence-corrected chi connectivity index (χ3v) is 3.58. The Morgan fingerprint density at radius 1 is 1.29 bits per heavy atom. The van der Waals surface area contributed by atoms with Crippen LogP contribution >= 0.6 is 0 Å². The highest BCUT2D eigenvalue weighted by Gasteiger charge is 2.10. The van der Waals surface area contributed by atoms with Crippen molar-refractivity contribution < 1.29 is 9.53 Å². The molecule has 2 rings (SSSR count). The van der Waals surface area contributed by atoms with Gasteiger partial charge in [0.1, 0.15) is 6.54 Å². The van der Waals surface area contributed by atoms with Crippen molar-refractivity contribution in [2.24, 2.45) is 5.92 Å². The normalized spacial score (nSPS) is 11.2. The predicted molar refractivity (Wildman–Crippen MR) is 94.0 cm³/mol. The van der Waals surface area contributed by atoms with Gasteiger partial charge in [0.15, 0.2) is 0 Å². The van der Waals surface area contributed by atoms with Crippen molar-refractivity contribution in [1.82, 2.24) is 15.1 Å². The molecule has 0 atom stereocenters. The van der Waals surface area contributed by atoms with Crippen molar-refractivity contribution in [1.29, 1.82) is 0 Å². The van der Waals surface area contributed by atoms with E-state index in [4.69, 9.17) is 4.74 Å². The van der Waals surface area contributed by atoms with Gasteiger partial charge >= 0.3 is 0 Å². The third-order valence-electron chi connectivity index (χ3n) is 3.58. The van der Waals surface area contributed by atoms with Gasteiger partial charge in [0.05, 0.1) is 11.1 Å². The Kier molecular flexibility index (Phi) is 6.49. The Bertz CT molecular complexity index is 753. The maximum Gasteiger partial charge on any atom is 0.275 e. The molecule has 0 saturated heterocycles. The number of hydrogen-bond donors (Lipinski definition) is 1. The average molecular weight is 331 g/mol. The lowest BCUT2D eigenvalue weighted by atomic mass is 10.1. The van der Waals surface area contributed by atoms with Crippen LogP contribution in [0.1, 0.15) is 26.0 Å². The number of amides is 1. The van der Waals surface area contributed by atoms with Crippen molar-refractivity contribution in [3.63, 3.8) is 0 Å². The lowest BCUT2D eigenvalue weighted by Crippen LogP contribution is -2.34. The van der Waals surface area contributed by atoms with Gasteiger partial charge in [-0.2, -0.15) is 5.10 Å². The molecule has 6 heteroatoms. The topological polar surface area (TPSA) is 73.2 Å². The summed E-state index contributed by atoms with van der Waals surface area (Å²) in [5.74, 6) is 0.289. The molecule has 0 saturated carbocycles. The van der Waals surface area contributed by atoms with Crippen LogP contribution in [0.5, 0.6) is 0 Å². The fraction of sp³-hybridized carbons (Fsp3) is 0.500. The summed E-state index contributed by atoms with van der Waals surface area (Å²) in [5, 5.41) is 8.44. The minimum atomic E-state index is -0.244. The summed E-state index contributed by atoms with van der Waals surface area (Å²) in [6.07, 6.45) is 0.748. The number of aromatic nitrogens is 2. The number of carbonyl (C=O) groups excluding carboxylic acids is 1. The Balaban J connectivity index is 1.89. The van der Waals surface area contributed by atoms with Gasteiger partial charge < -0.3 is 10.1 Å². The van der Waals surface area contributed by atoms with Gasteiger partial charge in [-0.1, -0.05) is 32.0 Å². The number of fused-ring (bicyclic) bond motifs is 1. The van der Waals surface area contributed by atoms with Crippen molar-refractivity contribution in [2.75, 3.05) is 19.8 Å². The summed E-state index contributed by atoms with van der Waals surface area (Å²) in [6, 6.07) is 7.30. The second-order valence-electron chi connectivity index (χ2n) is 6.27. The molecule has 1 aromatic carbocycles. The third kappa shape index (κ3) is 4.89. The molecule has 0 aliphatic heterocycles. The minimum absolute atomic E-state index is 0.0721. The van der Waals surface area contributed by atoms with Gasteiger partial charge in [-0.05, 0) is 25.3 Å². The van der Waals surface area contributed by atoms with Crippen LogP contribution in [-0.2, 0) is 16.1 Å². The second kappa shape index (κ2) is 8.59. The molecule has 6 nitrogen and oxygen atoms in total. The summed E-state index contributed by atoms with van der Waals surface area (Å²) >= 11 is 0. The number of nitrogens with zero attached hydrogens (tertiary/aromatic N) is 2. The van der Waals surface area contributed by atoms with E-state index in [2.05, 4.69) is 24.3 Å². The van der Waals surface area contributed by atoms with E-state index >= 15 is 0 Å². The number of benzene rings is 1. The van der Waals surface area contributed by atoms with E-state index in [0.717, 1.165) is 24.1 Å². The number of nitrogens with one attached hydrogen (secondary N) is 1. The fourth-order valence-electron chi connectivity index (χ4n) is 2.42. The maximum absolute atomic E-state index is 12.4. The molecule has 0 radical (unpaired) electrons. The van der Waals surface area contributed by atoms with Gasteiger partial charge in [-0.3, -0.25) is 9.59 Å². The van der Waals surface area contributed by atoms with Crippen LogP contribution in [-0.4, -0.2) is 35.4 Å². The fourth-order valence-corrected chi connectivity index (χ4v) is 2.42. The summed E-state index contributed by atoms with van der Waals surface area (Å²) < 4.78 is 6.68. The van der Waals surface area contributed by atoms with Gasteiger partial charge in [0.25, 0.3) is 5.56 Å². The molecule has 1 N–H and O–H groups in total. The van der Waals surface area contributed by atoms with Crippen LogP contribution in [0.15, 0.2) is 29.1 Å². The van der Waals surface area contributed by atoms with Crippen molar-refractivity contribution >= 4 is 16.7 Å². The van der Waals surface area contributed by atoms with E-state index in [0.29, 0.717) is 24.5 Å². The SMILES string of the molecule is Cc1nn(CC(=O)NCCCOCC(C)C)c(=O)c2ccccc12. The lowest BCUT2D eigenvalue weighted by Gasteiger charge is -2.10. The molecule has 1 heterocycles. The zero-order chi connectivity index (χ0) is 17.5. The van der Waals surface area contributed by atoms with Crippen LogP contribution in [0.3, 0.4) is 0 Å². The molecule has 0 bridgehead atoms. The van der Waals surface area contributed by atoms with Crippen molar-refractivity contribution in [3.05, 3.63) is 40.3 Å². The zero-order valence-corrected chi connectivity index (χ0v) is 14.5. The van der Waals surface area contributed by atoms with E-state index in [1.807, 2.05) is 25.1 Å². The minimum Gasteiger partial charge on any atom is -0.381 e. The molecule has 1 amide bonds. The molecule has 2 aromatic rings. The first kappa shape index (κ1) is 18.1. The zero-order valence-electron chi connectivity index (χ0n) is 14.5. The highest BCUT2D eigenvalue weighted by atomic mass is 16.5. The average Bonchev–Trinajstić information content (AvgIpc) is 2.55. The van der Waals surface area contributed by atoms with Gasteiger partial charge in [-0.25, -0.2) is 4.68 Å². The highest BCUT2D eigenvalue weighted by molar-refractivity contribution is 5.83. The van der Waals surface area contributed by atoms with Crippen LogP contribution in [0, 0.1) is 12.8 Å². The van der Waals surface area contributed by atoms with Gasteiger partial charge in [0.2, 0.25) is 5.91 Å². The number of hydrogen-bond acceptors (Lipinski definition) is 4. The maximum atomic E-state index is 12.4. The van der Waals surface area contributed by atoms with Gasteiger partial charge in [0, 0.05) is 25.1 Å². The number of rotatable bonds is 8. The molecule has 0 unspecified atom stereocenters.